The van der Waals surface area contributed by atoms with E-state index in [0.29, 0.717) is 19.4 Å². The van der Waals surface area contributed by atoms with Gasteiger partial charge in [-0.25, -0.2) is 0 Å². The highest BCUT2D eigenvalue weighted by atomic mass is 16.2. The minimum atomic E-state index is -0.0507. The van der Waals surface area contributed by atoms with E-state index in [0.717, 1.165) is 30.5 Å². The van der Waals surface area contributed by atoms with Gasteiger partial charge in [0.15, 0.2) is 0 Å². The second-order valence-electron chi connectivity index (χ2n) is 6.80. The van der Waals surface area contributed by atoms with Gasteiger partial charge in [-0.2, -0.15) is 0 Å². The van der Waals surface area contributed by atoms with Gasteiger partial charge in [-0.1, -0.05) is 35.9 Å². The van der Waals surface area contributed by atoms with E-state index in [-0.39, 0.29) is 17.2 Å². The van der Waals surface area contributed by atoms with Gasteiger partial charge in [0.1, 0.15) is 0 Å². The van der Waals surface area contributed by atoms with Crippen LogP contribution in [-0.2, 0) is 16.0 Å². The quantitative estimate of drug-likeness (QED) is 0.929. The first-order valence-corrected chi connectivity index (χ1v) is 8.30. The summed E-state index contributed by atoms with van der Waals surface area (Å²) >= 11 is 0. The first-order chi connectivity index (χ1) is 11.0. The van der Waals surface area contributed by atoms with Crippen LogP contribution in [0.2, 0.25) is 0 Å². The Balaban J connectivity index is 1.62. The number of nitrogens with one attached hydrogen (secondary N) is 1. The number of carbonyl (C=O) groups excluding carboxylic acids is 2. The normalized spacial score (nSPS) is 23.5. The third kappa shape index (κ3) is 3.16. The van der Waals surface area contributed by atoms with E-state index in [9.17, 15) is 9.59 Å². The molecule has 1 aromatic rings. The lowest BCUT2D eigenvalue weighted by Crippen LogP contribution is -2.46. The van der Waals surface area contributed by atoms with Gasteiger partial charge in [0.25, 0.3) is 0 Å². The van der Waals surface area contributed by atoms with Crippen molar-refractivity contribution in [2.75, 3.05) is 13.6 Å². The zero-order chi connectivity index (χ0) is 16.4. The largest absolute Gasteiger partial charge is 0.355 e. The fourth-order valence-electron chi connectivity index (χ4n) is 3.83. The molecule has 122 valence electrons. The summed E-state index contributed by atoms with van der Waals surface area (Å²) in [6.07, 6.45) is 5.98. The second kappa shape index (κ2) is 6.19. The monoisotopic (exact) mass is 312 g/mol. The lowest BCUT2D eigenvalue weighted by molar-refractivity contribution is -0.132. The highest BCUT2D eigenvalue weighted by Gasteiger charge is 2.44. The molecule has 4 heteroatoms. The third-order valence-corrected chi connectivity index (χ3v) is 5.13. The number of allylic oxidation sites excluding steroid dienone is 1. The molecular formula is C19H24N2O2. The summed E-state index contributed by atoms with van der Waals surface area (Å²) in [5.74, 6) is 0.232. The molecule has 1 aliphatic carbocycles. The Morgan fingerprint density at radius 1 is 1.35 bits per heavy atom. The molecule has 1 fully saturated rings. The van der Waals surface area contributed by atoms with Crippen LogP contribution in [0.3, 0.4) is 0 Å². The summed E-state index contributed by atoms with van der Waals surface area (Å²) in [5.41, 5.74) is 3.26. The number of hydrogen-bond acceptors (Lipinski definition) is 2. The number of amides is 2. The maximum Gasteiger partial charge on any atom is 0.226 e. The van der Waals surface area contributed by atoms with Crippen molar-refractivity contribution in [2.45, 2.75) is 39.0 Å². The van der Waals surface area contributed by atoms with Gasteiger partial charge in [-0.3, -0.25) is 9.59 Å². The average molecular weight is 312 g/mol. The summed E-state index contributed by atoms with van der Waals surface area (Å²) in [6, 6.07) is 8.05. The molecule has 2 amide bonds. The Morgan fingerprint density at radius 3 is 2.96 bits per heavy atom. The van der Waals surface area contributed by atoms with Crippen molar-refractivity contribution < 1.29 is 9.59 Å². The number of carbonyl (C=O) groups is 2. The van der Waals surface area contributed by atoms with E-state index in [2.05, 4.69) is 11.4 Å². The molecule has 1 aromatic carbocycles. The van der Waals surface area contributed by atoms with E-state index < -0.39 is 0 Å². The van der Waals surface area contributed by atoms with Crippen LogP contribution in [0.4, 0.5) is 0 Å². The maximum absolute atomic E-state index is 12.3. The van der Waals surface area contributed by atoms with Crippen LogP contribution in [0.25, 0.3) is 0 Å². The predicted molar refractivity (Wildman–Crippen MR) is 89.6 cm³/mol. The maximum atomic E-state index is 12.3. The first kappa shape index (κ1) is 15.8. The number of likely N-dealkylation sites (tertiary alicyclic amines) is 1. The molecule has 1 atom stereocenters. The summed E-state index contributed by atoms with van der Waals surface area (Å²) in [7, 11) is 1.85. The number of piperidine rings is 1. The lowest BCUT2D eigenvalue weighted by Gasteiger charge is -2.41. The molecule has 1 aliphatic heterocycles. The Kier molecular flexibility index (Phi) is 4.24. The molecule has 2 aliphatic rings. The van der Waals surface area contributed by atoms with Gasteiger partial charge in [0.2, 0.25) is 11.8 Å². The molecule has 1 saturated heterocycles. The Bertz CT molecular complexity index is 665. The number of nitrogens with zero attached hydrogens (tertiary/aromatic N) is 1. The molecule has 23 heavy (non-hydrogen) atoms. The van der Waals surface area contributed by atoms with Crippen molar-refractivity contribution in [3.05, 3.63) is 47.2 Å². The lowest BCUT2D eigenvalue weighted by atomic mass is 9.77. The number of hydrogen-bond donors (Lipinski definition) is 1. The summed E-state index contributed by atoms with van der Waals surface area (Å²) in [5, 5.41) is 3.10. The molecule has 0 spiro atoms. The van der Waals surface area contributed by atoms with Crippen molar-refractivity contribution in [2.24, 2.45) is 5.41 Å². The average Bonchev–Trinajstić information content (AvgIpc) is 2.94. The van der Waals surface area contributed by atoms with Crippen molar-refractivity contribution >= 4 is 11.8 Å². The smallest absolute Gasteiger partial charge is 0.226 e. The molecule has 0 aromatic heterocycles. The van der Waals surface area contributed by atoms with Gasteiger partial charge in [0, 0.05) is 31.1 Å². The van der Waals surface area contributed by atoms with Crippen LogP contribution in [0.15, 0.2) is 36.0 Å². The number of benzene rings is 1. The zero-order valence-electron chi connectivity index (χ0n) is 13.9. The molecule has 0 saturated carbocycles. The molecule has 1 unspecified atom stereocenters. The van der Waals surface area contributed by atoms with Crippen molar-refractivity contribution in [3.8, 4) is 0 Å². The standard InChI is InChI=1S/C19H24N2O2/c1-14-5-3-6-15(11-14)12-17(22)20-13-19-9-4-7-16(19)21(2)18(23)8-10-19/h3,5-7,11H,4,8-10,12-13H2,1-2H3,(H,20,22). The molecular weight excluding hydrogens is 288 g/mol. The highest BCUT2D eigenvalue weighted by molar-refractivity contribution is 5.80. The molecule has 1 N–H and O–H groups in total. The van der Waals surface area contributed by atoms with Crippen LogP contribution in [-0.4, -0.2) is 30.3 Å². The van der Waals surface area contributed by atoms with Crippen LogP contribution in [0.1, 0.15) is 36.8 Å². The first-order valence-electron chi connectivity index (χ1n) is 8.30. The Morgan fingerprint density at radius 2 is 2.17 bits per heavy atom. The SMILES string of the molecule is Cc1cccc(CC(=O)NCC23CCC=C2N(C)C(=O)CC3)c1. The second-order valence-corrected chi connectivity index (χ2v) is 6.80. The van der Waals surface area contributed by atoms with Crippen LogP contribution < -0.4 is 5.32 Å². The van der Waals surface area contributed by atoms with Crippen LogP contribution in [0, 0.1) is 12.3 Å². The van der Waals surface area contributed by atoms with Crippen LogP contribution >= 0.6 is 0 Å². The third-order valence-electron chi connectivity index (χ3n) is 5.13. The zero-order valence-corrected chi connectivity index (χ0v) is 13.9. The fraction of sp³-hybridized carbons (Fsp3) is 0.474. The van der Waals surface area contributed by atoms with Gasteiger partial charge in [-0.05, 0) is 31.7 Å². The van der Waals surface area contributed by atoms with E-state index in [1.165, 1.54) is 5.56 Å². The fourth-order valence-corrected chi connectivity index (χ4v) is 3.83. The van der Waals surface area contributed by atoms with Gasteiger partial charge >= 0.3 is 0 Å². The summed E-state index contributed by atoms with van der Waals surface area (Å²) < 4.78 is 0. The van der Waals surface area contributed by atoms with E-state index in [1.807, 2.05) is 38.2 Å². The number of fused-ring (bicyclic) bond motifs is 1. The molecule has 1 heterocycles. The summed E-state index contributed by atoms with van der Waals surface area (Å²) in [6.45, 7) is 2.66. The van der Waals surface area contributed by atoms with Crippen molar-refractivity contribution in [1.82, 2.24) is 10.2 Å². The predicted octanol–water partition coefficient (Wildman–Crippen LogP) is 2.57. The molecule has 3 rings (SSSR count). The highest BCUT2D eigenvalue weighted by Crippen LogP contribution is 2.46. The van der Waals surface area contributed by atoms with Gasteiger partial charge in [-0.15, -0.1) is 0 Å². The van der Waals surface area contributed by atoms with Gasteiger partial charge < -0.3 is 10.2 Å². The van der Waals surface area contributed by atoms with E-state index >= 15 is 0 Å². The summed E-state index contributed by atoms with van der Waals surface area (Å²) in [4.78, 5) is 26.0. The van der Waals surface area contributed by atoms with E-state index in [4.69, 9.17) is 0 Å². The molecule has 0 radical (unpaired) electrons. The van der Waals surface area contributed by atoms with Gasteiger partial charge in [0.05, 0.1) is 6.42 Å². The Hall–Kier alpha value is -2.10. The molecule has 4 nitrogen and oxygen atoms in total. The van der Waals surface area contributed by atoms with Crippen molar-refractivity contribution in [1.29, 1.82) is 0 Å². The minimum Gasteiger partial charge on any atom is -0.355 e. The number of aryl methyl sites for hydroxylation is 1. The number of rotatable bonds is 4. The van der Waals surface area contributed by atoms with E-state index in [1.54, 1.807) is 4.90 Å². The topological polar surface area (TPSA) is 49.4 Å². The molecule has 0 bridgehead atoms. The van der Waals surface area contributed by atoms with Crippen molar-refractivity contribution in [3.63, 3.8) is 0 Å². The van der Waals surface area contributed by atoms with Crippen LogP contribution in [0.5, 0.6) is 0 Å². The Labute approximate surface area is 137 Å². The minimum absolute atomic E-state index is 0.0507.